The summed E-state index contributed by atoms with van der Waals surface area (Å²) in [5.41, 5.74) is 6.92. The van der Waals surface area contributed by atoms with Gasteiger partial charge in [0.2, 0.25) is 16.7 Å². The summed E-state index contributed by atoms with van der Waals surface area (Å²) in [6.45, 7) is 7.76. The molecule has 1 saturated heterocycles. The molecule has 0 radical (unpaired) electrons. The minimum atomic E-state index is -1.22. The second-order valence-electron chi connectivity index (χ2n) is 9.23. The normalized spacial score (nSPS) is 19.0. The van der Waals surface area contributed by atoms with Crippen molar-refractivity contribution in [3.8, 4) is 0 Å². The van der Waals surface area contributed by atoms with E-state index in [0.717, 1.165) is 33.5 Å². The molecule has 7 heteroatoms. The molecular weight excluding hydrogens is 458 g/mol. The largest absolute Gasteiger partial charge is 0.324 e. The van der Waals surface area contributed by atoms with Crippen molar-refractivity contribution in [2.24, 2.45) is 0 Å². The summed E-state index contributed by atoms with van der Waals surface area (Å²) >= 11 is 1.31. The Labute approximate surface area is 209 Å². The molecule has 3 aromatic rings. The second kappa shape index (κ2) is 8.57. The van der Waals surface area contributed by atoms with Crippen LogP contribution in [0.5, 0.6) is 0 Å². The SMILES string of the molecule is Cc1cccc(N2C(=O)CS[C@@]23C(=O)N(CC(=O)Nc2c(C)cc(C)cc2C)c2ccccc23)c1. The van der Waals surface area contributed by atoms with E-state index in [-0.39, 0.29) is 30.0 Å². The molecule has 178 valence electrons. The van der Waals surface area contributed by atoms with Gasteiger partial charge in [-0.2, -0.15) is 0 Å². The highest BCUT2D eigenvalue weighted by atomic mass is 32.2. The number of nitrogens with one attached hydrogen (secondary N) is 1. The van der Waals surface area contributed by atoms with E-state index in [1.165, 1.54) is 16.7 Å². The molecule has 1 spiro atoms. The zero-order chi connectivity index (χ0) is 24.9. The Morgan fingerprint density at radius 3 is 2.37 bits per heavy atom. The van der Waals surface area contributed by atoms with E-state index < -0.39 is 4.87 Å². The average molecular weight is 486 g/mol. The summed E-state index contributed by atoms with van der Waals surface area (Å²) in [6.07, 6.45) is 0. The number of hydrogen-bond acceptors (Lipinski definition) is 4. The van der Waals surface area contributed by atoms with Crippen LogP contribution in [0.15, 0.2) is 60.7 Å². The first-order chi connectivity index (χ1) is 16.7. The first-order valence-corrected chi connectivity index (χ1v) is 12.5. The Morgan fingerprint density at radius 1 is 0.943 bits per heavy atom. The topological polar surface area (TPSA) is 69.7 Å². The van der Waals surface area contributed by atoms with Crippen LogP contribution in [0.1, 0.15) is 27.8 Å². The standard InChI is InChI=1S/C28H27N3O3S/c1-17-8-7-9-21(14-17)31-25(33)16-35-28(31)22-10-5-6-11-23(22)30(27(28)34)15-24(32)29-26-19(3)12-18(2)13-20(26)4/h5-14H,15-16H2,1-4H3,(H,29,32)/t28-/m0/s1. The molecule has 2 aliphatic heterocycles. The van der Waals surface area contributed by atoms with E-state index in [1.807, 2.05) is 88.4 Å². The number of amides is 3. The van der Waals surface area contributed by atoms with Crippen molar-refractivity contribution in [3.63, 3.8) is 0 Å². The van der Waals surface area contributed by atoms with Gasteiger partial charge in [0, 0.05) is 16.9 Å². The van der Waals surface area contributed by atoms with Crippen LogP contribution in [0.25, 0.3) is 0 Å². The van der Waals surface area contributed by atoms with Gasteiger partial charge in [-0.15, -0.1) is 11.8 Å². The highest BCUT2D eigenvalue weighted by Crippen LogP contribution is 2.55. The zero-order valence-electron chi connectivity index (χ0n) is 20.2. The van der Waals surface area contributed by atoms with E-state index >= 15 is 0 Å². The van der Waals surface area contributed by atoms with Crippen molar-refractivity contribution in [2.75, 3.05) is 27.4 Å². The number of benzene rings is 3. The van der Waals surface area contributed by atoms with Crippen molar-refractivity contribution in [3.05, 3.63) is 88.5 Å². The van der Waals surface area contributed by atoms with E-state index in [9.17, 15) is 14.4 Å². The monoisotopic (exact) mass is 485 g/mol. The van der Waals surface area contributed by atoms with E-state index in [2.05, 4.69) is 5.32 Å². The van der Waals surface area contributed by atoms with Gasteiger partial charge < -0.3 is 5.32 Å². The van der Waals surface area contributed by atoms with Crippen LogP contribution in [0.3, 0.4) is 0 Å². The maximum atomic E-state index is 14.1. The molecule has 0 saturated carbocycles. The lowest BCUT2D eigenvalue weighted by atomic mass is 10.0. The third-order valence-corrected chi connectivity index (χ3v) is 7.95. The third-order valence-electron chi connectivity index (χ3n) is 6.57. The summed E-state index contributed by atoms with van der Waals surface area (Å²) in [6, 6.07) is 19.1. The quantitative estimate of drug-likeness (QED) is 0.574. The number of fused-ring (bicyclic) bond motifs is 2. The van der Waals surface area contributed by atoms with Crippen molar-refractivity contribution < 1.29 is 14.4 Å². The molecule has 0 aliphatic carbocycles. The van der Waals surface area contributed by atoms with Crippen LogP contribution in [-0.2, 0) is 19.3 Å². The Kier molecular flexibility index (Phi) is 5.68. The lowest BCUT2D eigenvalue weighted by molar-refractivity contribution is -0.124. The maximum absolute atomic E-state index is 14.1. The zero-order valence-corrected chi connectivity index (χ0v) is 21.0. The Morgan fingerprint density at radius 2 is 1.66 bits per heavy atom. The molecular formula is C28H27N3O3S. The molecule has 3 amide bonds. The minimum absolute atomic E-state index is 0.124. The summed E-state index contributed by atoms with van der Waals surface area (Å²) in [5.74, 6) is -0.489. The molecule has 2 heterocycles. The number of thioether (sulfide) groups is 1. The smallest absolute Gasteiger partial charge is 0.269 e. The lowest BCUT2D eigenvalue weighted by Gasteiger charge is -2.33. The summed E-state index contributed by atoms with van der Waals surface area (Å²) in [4.78, 5) is 42.3. The Hall–Kier alpha value is -3.58. The molecule has 1 atom stereocenters. The number of hydrogen-bond donors (Lipinski definition) is 1. The molecule has 2 aliphatic rings. The van der Waals surface area contributed by atoms with Gasteiger partial charge in [0.25, 0.3) is 5.91 Å². The van der Waals surface area contributed by atoms with Crippen LogP contribution in [0, 0.1) is 27.7 Å². The van der Waals surface area contributed by atoms with Crippen molar-refractivity contribution in [1.82, 2.24) is 0 Å². The predicted molar refractivity (Wildman–Crippen MR) is 141 cm³/mol. The van der Waals surface area contributed by atoms with Crippen LogP contribution >= 0.6 is 11.8 Å². The van der Waals surface area contributed by atoms with Crippen molar-refractivity contribution in [1.29, 1.82) is 0 Å². The fourth-order valence-corrected chi connectivity index (χ4v) is 6.54. The molecule has 35 heavy (non-hydrogen) atoms. The molecule has 5 rings (SSSR count). The number of rotatable bonds is 4. The number of carbonyl (C=O) groups excluding carboxylic acids is 3. The fraction of sp³-hybridized carbons (Fsp3) is 0.250. The van der Waals surface area contributed by atoms with Crippen molar-refractivity contribution in [2.45, 2.75) is 32.6 Å². The first kappa shape index (κ1) is 23.2. The first-order valence-electron chi connectivity index (χ1n) is 11.5. The van der Waals surface area contributed by atoms with Gasteiger partial charge in [0.05, 0.1) is 11.4 Å². The summed E-state index contributed by atoms with van der Waals surface area (Å²) in [7, 11) is 0. The minimum Gasteiger partial charge on any atom is -0.324 e. The molecule has 0 aromatic heterocycles. The highest BCUT2D eigenvalue weighted by molar-refractivity contribution is 8.02. The van der Waals surface area contributed by atoms with Gasteiger partial charge in [-0.25, -0.2) is 0 Å². The predicted octanol–water partition coefficient (Wildman–Crippen LogP) is 4.84. The molecule has 1 N–H and O–H groups in total. The van der Waals surface area contributed by atoms with Crippen LogP contribution in [-0.4, -0.2) is 30.0 Å². The average Bonchev–Trinajstić information content (AvgIpc) is 3.27. The molecule has 6 nitrogen and oxygen atoms in total. The van der Waals surface area contributed by atoms with Crippen LogP contribution in [0.2, 0.25) is 0 Å². The lowest BCUT2D eigenvalue weighted by Crippen LogP contribution is -2.50. The summed E-state index contributed by atoms with van der Waals surface area (Å²) in [5, 5.41) is 3.00. The molecule has 3 aromatic carbocycles. The van der Waals surface area contributed by atoms with Gasteiger partial charge in [0.1, 0.15) is 6.54 Å². The van der Waals surface area contributed by atoms with E-state index in [4.69, 9.17) is 0 Å². The van der Waals surface area contributed by atoms with Crippen molar-refractivity contribution >= 4 is 46.5 Å². The van der Waals surface area contributed by atoms with Gasteiger partial charge in [0.15, 0.2) is 0 Å². The Bertz CT molecular complexity index is 1360. The van der Waals surface area contributed by atoms with Crippen LogP contribution in [0.4, 0.5) is 17.1 Å². The van der Waals surface area contributed by atoms with Gasteiger partial charge in [-0.1, -0.05) is 48.0 Å². The highest BCUT2D eigenvalue weighted by Gasteiger charge is 2.61. The molecule has 1 fully saturated rings. The second-order valence-corrected chi connectivity index (χ2v) is 10.4. The van der Waals surface area contributed by atoms with Gasteiger partial charge >= 0.3 is 0 Å². The maximum Gasteiger partial charge on any atom is 0.269 e. The number of para-hydroxylation sites is 1. The number of carbonyl (C=O) groups is 3. The fourth-order valence-electron chi connectivity index (χ4n) is 5.18. The number of aryl methyl sites for hydroxylation is 4. The van der Waals surface area contributed by atoms with E-state index in [0.29, 0.717) is 11.4 Å². The van der Waals surface area contributed by atoms with Crippen LogP contribution < -0.4 is 15.1 Å². The number of anilines is 3. The number of nitrogens with zero attached hydrogens (tertiary/aromatic N) is 2. The van der Waals surface area contributed by atoms with E-state index in [1.54, 1.807) is 4.90 Å². The molecule has 0 bridgehead atoms. The molecule has 0 unspecified atom stereocenters. The van der Waals surface area contributed by atoms with Gasteiger partial charge in [-0.05, 0) is 62.6 Å². The third kappa shape index (κ3) is 3.71. The summed E-state index contributed by atoms with van der Waals surface area (Å²) < 4.78 is 0. The Balaban J connectivity index is 1.52. The van der Waals surface area contributed by atoms with Gasteiger partial charge in [-0.3, -0.25) is 24.2 Å².